The summed E-state index contributed by atoms with van der Waals surface area (Å²) in [4.78, 5) is 27.2. The number of aryl methyl sites for hydroxylation is 1. The number of aromatic amines is 1. The molecule has 0 radical (unpaired) electrons. The second kappa shape index (κ2) is 7.94. The van der Waals surface area contributed by atoms with Crippen molar-refractivity contribution in [2.45, 2.75) is 12.8 Å². The minimum atomic E-state index is -3.31. The number of alkyl halides is 2. The SMILES string of the molecule is Cc1[nH]c(=O)c(C(=O)NCC(F)(F)c2ccc(Cl)cc2)cc1-c1ccccc1. The smallest absolute Gasteiger partial charge is 0.290 e. The Hall–Kier alpha value is -2.99. The topological polar surface area (TPSA) is 62.0 Å². The van der Waals surface area contributed by atoms with Gasteiger partial charge in [0, 0.05) is 21.8 Å². The molecule has 0 unspecified atom stereocenters. The van der Waals surface area contributed by atoms with E-state index in [9.17, 15) is 18.4 Å². The van der Waals surface area contributed by atoms with Crippen molar-refractivity contribution in [1.82, 2.24) is 10.3 Å². The van der Waals surface area contributed by atoms with Gasteiger partial charge < -0.3 is 10.3 Å². The number of H-pyrrole nitrogens is 1. The largest absolute Gasteiger partial charge is 0.345 e. The Balaban J connectivity index is 1.83. The first-order valence-corrected chi connectivity index (χ1v) is 8.87. The quantitative estimate of drug-likeness (QED) is 0.658. The first-order valence-electron chi connectivity index (χ1n) is 8.49. The van der Waals surface area contributed by atoms with Gasteiger partial charge in [-0.15, -0.1) is 0 Å². The molecule has 1 amide bonds. The standard InChI is InChI=1S/C21H17ClF2N2O2/c1-13-17(14-5-3-2-4-6-14)11-18(20(28)26-13)19(27)25-12-21(23,24)15-7-9-16(22)10-8-15/h2-11H,12H2,1H3,(H,25,27)(H,26,28). The van der Waals surface area contributed by atoms with E-state index < -0.39 is 23.9 Å². The lowest BCUT2D eigenvalue weighted by atomic mass is 10.0. The van der Waals surface area contributed by atoms with Crippen LogP contribution in [-0.4, -0.2) is 17.4 Å². The van der Waals surface area contributed by atoms with E-state index >= 15 is 0 Å². The maximum Gasteiger partial charge on any atom is 0.290 e. The Morgan fingerprint density at radius 1 is 1.11 bits per heavy atom. The van der Waals surface area contributed by atoms with Crippen molar-refractivity contribution in [2.24, 2.45) is 0 Å². The molecule has 0 fully saturated rings. The highest BCUT2D eigenvalue weighted by Gasteiger charge is 2.32. The van der Waals surface area contributed by atoms with E-state index in [1.54, 1.807) is 6.92 Å². The number of rotatable bonds is 5. The molecule has 0 aliphatic heterocycles. The molecule has 0 spiro atoms. The van der Waals surface area contributed by atoms with Gasteiger partial charge >= 0.3 is 0 Å². The van der Waals surface area contributed by atoms with Crippen LogP contribution >= 0.6 is 11.6 Å². The molecule has 28 heavy (non-hydrogen) atoms. The molecule has 7 heteroatoms. The van der Waals surface area contributed by atoms with Crippen LogP contribution in [0.2, 0.25) is 5.02 Å². The molecule has 0 aliphatic rings. The molecular weight excluding hydrogens is 386 g/mol. The molecule has 1 aromatic heterocycles. The van der Waals surface area contributed by atoms with Gasteiger partial charge in [0.05, 0.1) is 6.54 Å². The number of benzene rings is 2. The molecule has 4 nitrogen and oxygen atoms in total. The Bertz CT molecular complexity index is 1050. The van der Waals surface area contributed by atoms with Crippen LogP contribution in [0.4, 0.5) is 8.78 Å². The predicted octanol–water partition coefficient (Wildman–Crippen LogP) is 4.53. The first kappa shape index (κ1) is 19.8. The summed E-state index contributed by atoms with van der Waals surface area (Å²) in [5.41, 5.74) is 0.895. The second-order valence-electron chi connectivity index (χ2n) is 6.31. The van der Waals surface area contributed by atoms with E-state index in [0.29, 0.717) is 16.3 Å². The number of carbonyl (C=O) groups excluding carboxylic acids is 1. The average molecular weight is 403 g/mol. The number of halogens is 3. The number of pyridine rings is 1. The summed E-state index contributed by atoms with van der Waals surface area (Å²) in [5.74, 6) is -4.17. The van der Waals surface area contributed by atoms with E-state index in [1.807, 2.05) is 30.3 Å². The molecule has 0 saturated heterocycles. The van der Waals surface area contributed by atoms with Gasteiger partial charge in [-0.05, 0) is 30.7 Å². The van der Waals surface area contributed by atoms with Gasteiger partial charge in [-0.2, -0.15) is 8.78 Å². The van der Waals surface area contributed by atoms with Crippen LogP contribution in [0.15, 0.2) is 65.5 Å². The Morgan fingerprint density at radius 3 is 2.39 bits per heavy atom. The summed E-state index contributed by atoms with van der Waals surface area (Å²) in [6, 6.07) is 15.7. The van der Waals surface area contributed by atoms with Gasteiger partial charge in [-0.1, -0.05) is 54.1 Å². The maximum absolute atomic E-state index is 14.3. The molecule has 0 bridgehead atoms. The van der Waals surface area contributed by atoms with Crippen molar-refractivity contribution in [3.05, 3.63) is 92.9 Å². The van der Waals surface area contributed by atoms with Gasteiger partial charge in [0.15, 0.2) is 0 Å². The van der Waals surface area contributed by atoms with Gasteiger partial charge in [-0.3, -0.25) is 9.59 Å². The number of nitrogens with one attached hydrogen (secondary N) is 2. The van der Waals surface area contributed by atoms with Gasteiger partial charge in [0.1, 0.15) is 5.56 Å². The molecular formula is C21H17ClF2N2O2. The summed E-state index contributed by atoms with van der Waals surface area (Å²) < 4.78 is 28.7. The van der Waals surface area contributed by atoms with Crippen LogP contribution in [-0.2, 0) is 5.92 Å². The lowest BCUT2D eigenvalue weighted by molar-refractivity contribution is -0.00248. The summed E-state index contributed by atoms with van der Waals surface area (Å²) in [5, 5.41) is 2.49. The normalized spacial score (nSPS) is 11.3. The molecule has 0 atom stereocenters. The predicted molar refractivity (Wildman–Crippen MR) is 105 cm³/mol. The Morgan fingerprint density at radius 2 is 1.75 bits per heavy atom. The first-order chi connectivity index (χ1) is 13.3. The molecule has 144 valence electrons. The summed E-state index contributed by atoms with van der Waals surface area (Å²) in [6.45, 7) is 0.765. The lowest BCUT2D eigenvalue weighted by Gasteiger charge is -2.17. The van der Waals surface area contributed by atoms with Crippen LogP contribution in [0.1, 0.15) is 21.6 Å². The van der Waals surface area contributed by atoms with Crippen molar-refractivity contribution in [3.63, 3.8) is 0 Å². The van der Waals surface area contributed by atoms with E-state index in [4.69, 9.17) is 11.6 Å². The number of amides is 1. The summed E-state index contributed by atoms with van der Waals surface area (Å²) >= 11 is 5.71. The maximum atomic E-state index is 14.3. The van der Waals surface area contributed by atoms with Crippen LogP contribution in [0, 0.1) is 6.92 Å². The summed E-state index contributed by atoms with van der Waals surface area (Å²) in [7, 11) is 0. The summed E-state index contributed by atoms with van der Waals surface area (Å²) in [6.07, 6.45) is 0. The van der Waals surface area contributed by atoms with Crippen LogP contribution in [0.25, 0.3) is 11.1 Å². The molecule has 2 N–H and O–H groups in total. The minimum absolute atomic E-state index is 0.226. The van der Waals surface area contributed by atoms with Gasteiger partial charge in [0.2, 0.25) is 0 Å². The van der Waals surface area contributed by atoms with Crippen molar-refractivity contribution in [1.29, 1.82) is 0 Å². The number of hydrogen-bond acceptors (Lipinski definition) is 2. The minimum Gasteiger partial charge on any atom is -0.345 e. The van der Waals surface area contributed by atoms with E-state index in [1.165, 1.54) is 30.3 Å². The van der Waals surface area contributed by atoms with Crippen molar-refractivity contribution in [2.75, 3.05) is 6.54 Å². The Kier molecular flexibility index (Phi) is 5.61. The zero-order chi connectivity index (χ0) is 20.3. The molecule has 2 aromatic carbocycles. The lowest BCUT2D eigenvalue weighted by Crippen LogP contribution is -2.37. The van der Waals surface area contributed by atoms with Crippen LogP contribution in [0.5, 0.6) is 0 Å². The fraction of sp³-hybridized carbons (Fsp3) is 0.143. The highest BCUT2D eigenvalue weighted by Crippen LogP contribution is 2.28. The fourth-order valence-corrected chi connectivity index (χ4v) is 2.92. The van der Waals surface area contributed by atoms with E-state index in [-0.39, 0.29) is 11.1 Å². The number of carbonyl (C=O) groups is 1. The van der Waals surface area contributed by atoms with Crippen LogP contribution in [0.3, 0.4) is 0 Å². The van der Waals surface area contributed by atoms with Crippen LogP contribution < -0.4 is 10.9 Å². The van der Waals surface area contributed by atoms with E-state index in [0.717, 1.165) is 5.56 Å². The molecule has 3 aromatic rings. The fourth-order valence-electron chi connectivity index (χ4n) is 2.79. The molecule has 3 rings (SSSR count). The zero-order valence-corrected chi connectivity index (χ0v) is 15.7. The van der Waals surface area contributed by atoms with E-state index in [2.05, 4.69) is 10.3 Å². The van der Waals surface area contributed by atoms with Crippen molar-refractivity contribution in [3.8, 4) is 11.1 Å². The van der Waals surface area contributed by atoms with Gasteiger partial charge in [-0.25, -0.2) is 0 Å². The highest BCUT2D eigenvalue weighted by atomic mass is 35.5. The number of hydrogen-bond donors (Lipinski definition) is 2. The molecule has 0 saturated carbocycles. The van der Waals surface area contributed by atoms with Gasteiger partial charge in [0.25, 0.3) is 17.4 Å². The van der Waals surface area contributed by atoms with Crippen molar-refractivity contribution >= 4 is 17.5 Å². The second-order valence-corrected chi connectivity index (χ2v) is 6.75. The third-order valence-corrected chi connectivity index (χ3v) is 4.56. The third kappa shape index (κ3) is 4.28. The zero-order valence-electron chi connectivity index (χ0n) is 14.9. The third-order valence-electron chi connectivity index (χ3n) is 4.31. The average Bonchev–Trinajstić information content (AvgIpc) is 2.67. The monoisotopic (exact) mass is 402 g/mol. The Labute approximate surface area is 165 Å². The number of aromatic nitrogens is 1. The highest BCUT2D eigenvalue weighted by molar-refractivity contribution is 6.30. The molecule has 0 aliphatic carbocycles. The van der Waals surface area contributed by atoms with Crippen molar-refractivity contribution < 1.29 is 13.6 Å². The molecule has 1 heterocycles.